The van der Waals surface area contributed by atoms with Crippen molar-refractivity contribution in [3.8, 4) is 0 Å². The third kappa shape index (κ3) is 2.62. The molecular weight excluding hydrogens is 276 g/mol. The van der Waals surface area contributed by atoms with Gasteiger partial charge in [-0.05, 0) is 37.5 Å². The van der Waals surface area contributed by atoms with Crippen LogP contribution >= 0.6 is 11.8 Å². The Kier molecular flexibility index (Phi) is 3.84. The first-order valence-corrected chi connectivity index (χ1v) is 8.50. The molecule has 5 nitrogen and oxygen atoms in total. The van der Waals surface area contributed by atoms with Crippen LogP contribution in [0.4, 0.5) is 4.79 Å². The molecule has 20 heavy (non-hydrogen) atoms. The molecule has 2 saturated carbocycles. The maximum atomic E-state index is 12.7. The molecule has 1 aliphatic heterocycles. The molecule has 0 aromatic heterocycles. The lowest BCUT2D eigenvalue weighted by molar-refractivity contribution is -0.141. The van der Waals surface area contributed by atoms with Crippen LogP contribution in [-0.4, -0.2) is 57.7 Å². The topological polar surface area (TPSA) is 60.9 Å². The lowest BCUT2D eigenvalue weighted by Crippen LogP contribution is -2.52. The van der Waals surface area contributed by atoms with E-state index >= 15 is 0 Å². The summed E-state index contributed by atoms with van der Waals surface area (Å²) < 4.78 is 0. The van der Waals surface area contributed by atoms with Crippen LogP contribution in [0.5, 0.6) is 0 Å². The third-order valence-electron chi connectivity index (χ3n) is 4.65. The number of amides is 2. The van der Waals surface area contributed by atoms with Crippen molar-refractivity contribution in [2.75, 3.05) is 19.3 Å². The number of carboxylic acid groups (broad SMARTS) is 1. The van der Waals surface area contributed by atoms with Crippen molar-refractivity contribution >= 4 is 23.8 Å². The van der Waals surface area contributed by atoms with Gasteiger partial charge < -0.3 is 10.0 Å². The van der Waals surface area contributed by atoms with Crippen LogP contribution in [0.15, 0.2) is 0 Å². The zero-order valence-electron chi connectivity index (χ0n) is 11.8. The van der Waals surface area contributed by atoms with Gasteiger partial charge in [-0.3, -0.25) is 4.90 Å². The molecule has 0 bridgehead atoms. The Balaban J connectivity index is 1.68. The molecule has 1 N–H and O–H groups in total. The van der Waals surface area contributed by atoms with Crippen molar-refractivity contribution in [3.63, 3.8) is 0 Å². The maximum absolute atomic E-state index is 12.7. The van der Waals surface area contributed by atoms with Gasteiger partial charge in [-0.1, -0.05) is 6.42 Å². The van der Waals surface area contributed by atoms with Gasteiger partial charge in [0.25, 0.3) is 0 Å². The van der Waals surface area contributed by atoms with Crippen LogP contribution in [0.1, 0.15) is 32.1 Å². The Morgan fingerprint density at radius 2 is 2.00 bits per heavy atom. The summed E-state index contributed by atoms with van der Waals surface area (Å²) in [6.45, 7) is 0.768. The number of aliphatic carboxylic acids is 1. The highest BCUT2D eigenvalue weighted by atomic mass is 32.2. The van der Waals surface area contributed by atoms with Crippen molar-refractivity contribution in [1.82, 2.24) is 9.80 Å². The molecule has 0 aromatic carbocycles. The van der Waals surface area contributed by atoms with E-state index in [1.807, 2.05) is 7.05 Å². The van der Waals surface area contributed by atoms with Gasteiger partial charge in [0.2, 0.25) is 0 Å². The molecule has 3 aliphatic rings. The van der Waals surface area contributed by atoms with E-state index in [1.54, 1.807) is 21.6 Å². The fraction of sp³-hybridized carbons (Fsp3) is 0.857. The molecule has 0 radical (unpaired) electrons. The number of carbonyl (C=O) groups excluding carboxylic acids is 1. The van der Waals surface area contributed by atoms with E-state index in [0.29, 0.717) is 17.6 Å². The fourth-order valence-corrected chi connectivity index (χ4v) is 4.67. The lowest BCUT2D eigenvalue weighted by atomic mass is 9.85. The predicted molar refractivity (Wildman–Crippen MR) is 77.6 cm³/mol. The Hall–Kier alpha value is -0.910. The van der Waals surface area contributed by atoms with Crippen molar-refractivity contribution < 1.29 is 14.7 Å². The van der Waals surface area contributed by atoms with Crippen LogP contribution < -0.4 is 0 Å². The molecule has 2 atom stereocenters. The van der Waals surface area contributed by atoms with Crippen LogP contribution in [0, 0.1) is 11.8 Å². The summed E-state index contributed by atoms with van der Waals surface area (Å²) in [4.78, 5) is 27.4. The molecule has 2 aliphatic carbocycles. The lowest BCUT2D eigenvalue weighted by Gasteiger charge is -2.35. The monoisotopic (exact) mass is 298 g/mol. The summed E-state index contributed by atoms with van der Waals surface area (Å²) >= 11 is 1.64. The highest BCUT2D eigenvalue weighted by Gasteiger charge is 2.48. The van der Waals surface area contributed by atoms with E-state index in [0.717, 1.165) is 19.4 Å². The first-order chi connectivity index (χ1) is 9.58. The highest BCUT2D eigenvalue weighted by Crippen LogP contribution is 2.45. The number of hydrogen-bond donors (Lipinski definition) is 1. The minimum atomic E-state index is -0.869. The Bertz CT molecular complexity index is 409. The van der Waals surface area contributed by atoms with Gasteiger partial charge in [0.15, 0.2) is 0 Å². The molecule has 1 heterocycles. The third-order valence-corrected chi connectivity index (χ3v) is 6.11. The number of carbonyl (C=O) groups is 2. The minimum absolute atomic E-state index is 0.0763. The molecular formula is C14H22N2O3S. The summed E-state index contributed by atoms with van der Waals surface area (Å²) in [5, 5.41) is 9.42. The molecule has 3 rings (SSSR count). The number of thioether (sulfide) groups is 1. The van der Waals surface area contributed by atoms with Gasteiger partial charge >= 0.3 is 12.0 Å². The van der Waals surface area contributed by atoms with E-state index in [-0.39, 0.29) is 11.4 Å². The second-order valence-electron chi connectivity index (χ2n) is 6.28. The smallest absolute Gasteiger partial charge is 0.327 e. The van der Waals surface area contributed by atoms with Gasteiger partial charge in [0, 0.05) is 19.3 Å². The Labute approximate surface area is 123 Å². The van der Waals surface area contributed by atoms with Crippen molar-refractivity contribution in [3.05, 3.63) is 0 Å². The average Bonchev–Trinajstić information content (AvgIpc) is 3.11. The normalized spacial score (nSPS) is 30.1. The van der Waals surface area contributed by atoms with E-state index in [9.17, 15) is 14.7 Å². The molecule has 3 fully saturated rings. The van der Waals surface area contributed by atoms with Gasteiger partial charge in [0.05, 0.1) is 5.37 Å². The SMILES string of the molecule is CN(CC1CCC1)C(=O)N1C(C(=O)O)CSC1C1CC1. The van der Waals surface area contributed by atoms with E-state index in [4.69, 9.17) is 0 Å². The van der Waals surface area contributed by atoms with Crippen LogP contribution in [-0.2, 0) is 4.79 Å². The average molecular weight is 298 g/mol. The number of rotatable bonds is 4. The number of urea groups is 1. The van der Waals surface area contributed by atoms with Gasteiger partial charge in [-0.25, -0.2) is 9.59 Å². The van der Waals surface area contributed by atoms with Crippen molar-refractivity contribution in [1.29, 1.82) is 0 Å². The largest absolute Gasteiger partial charge is 0.480 e. The number of hydrogen-bond acceptors (Lipinski definition) is 3. The molecule has 2 amide bonds. The van der Waals surface area contributed by atoms with Crippen LogP contribution in [0.2, 0.25) is 0 Å². The number of nitrogens with zero attached hydrogens (tertiary/aromatic N) is 2. The summed E-state index contributed by atoms with van der Waals surface area (Å²) in [5.41, 5.74) is 0. The first-order valence-electron chi connectivity index (χ1n) is 7.45. The summed E-state index contributed by atoms with van der Waals surface area (Å²) in [5.74, 6) is 0.776. The molecule has 2 unspecified atom stereocenters. The van der Waals surface area contributed by atoms with Crippen molar-refractivity contribution in [2.24, 2.45) is 11.8 Å². The fourth-order valence-electron chi connectivity index (χ4n) is 3.04. The molecule has 0 aromatic rings. The maximum Gasteiger partial charge on any atom is 0.327 e. The number of carboxylic acids is 1. The Morgan fingerprint density at radius 3 is 2.50 bits per heavy atom. The second kappa shape index (κ2) is 5.47. The first kappa shape index (κ1) is 14.0. The summed E-state index contributed by atoms with van der Waals surface area (Å²) in [7, 11) is 1.81. The molecule has 112 valence electrons. The second-order valence-corrected chi connectivity index (χ2v) is 7.43. The van der Waals surface area contributed by atoms with Gasteiger partial charge in [-0.2, -0.15) is 0 Å². The van der Waals surface area contributed by atoms with E-state index in [2.05, 4.69) is 0 Å². The van der Waals surface area contributed by atoms with Crippen LogP contribution in [0.3, 0.4) is 0 Å². The van der Waals surface area contributed by atoms with E-state index < -0.39 is 12.0 Å². The van der Waals surface area contributed by atoms with Crippen molar-refractivity contribution in [2.45, 2.75) is 43.5 Å². The standard InChI is InChI=1S/C14H22N2O3S/c1-15(7-9-3-2-4-9)14(19)16-11(13(17)18)8-20-12(16)10-5-6-10/h9-12H,2-8H2,1H3,(H,17,18). The summed E-state index contributed by atoms with van der Waals surface area (Å²) in [6.07, 6.45) is 5.90. The van der Waals surface area contributed by atoms with Crippen LogP contribution in [0.25, 0.3) is 0 Å². The highest BCUT2D eigenvalue weighted by molar-refractivity contribution is 8.00. The predicted octanol–water partition coefficient (Wildman–Crippen LogP) is 2.08. The summed E-state index contributed by atoms with van der Waals surface area (Å²) in [6, 6.07) is -0.742. The minimum Gasteiger partial charge on any atom is -0.480 e. The molecule has 6 heteroatoms. The van der Waals surface area contributed by atoms with Gasteiger partial charge in [0.1, 0.15) is 6.04 Å². The van der Waals surface area contributed by atoms with E-state index in [1.165, 1.54) is 19.3 Å². The zero-order valence-corrected chi connectivity index (χ0v) is 12.6. The molecule has 0 spiro atoms. The zero-order chi connectivity index (χ0) is 14.3. The van der Waals surface area contributed by atoms with Gasteiger partial charge in [-0.15, -0.1) is 11.8 Å². The Morgan fingerprint density at radius 1 is 1.30 bits per heavy atom. The quantitative estimate of drug-likeness (QED) is 0.863. The molecule has 1 saturated heterocycles.